The normalized spacial score (nSPS) is 13.6. The second kappa shape index (κ2) is 36.3. The highest BCUT2D eigenvalue weighted by Crippen LogP contribution is 2.43. The molecule has 0 heterocycles. The molecule has 0 spiro atoms. The quantitative estimate of drug-likeness (QED) is 0.0279. The van der Waals surface area contributed by atoms with Crippen LogP contribution in [0.15, 0.2) is 24.3 Å². The summed E-state index contributed by atoms with van der Waals surface area (Å²) in [5.41, 5.74) is 5.33. The molecule has 0 aliphatic heterocycles. The molecule has 0 aromatic carbocycles. The molecule has 0 aliphatic rings. The molecule has 288 valence electrons. The van der Waals surface area contributed by atoms with Gasteiger partial charge in [0.25, 0.3) is 0 Å². The molecule has 2 atom stereocenters. The third-order valence-corrected chi connectivity index (χ3v) is 9.29. The van der Waals surface area contributed by atoms with Gasteiger partial charge in [0, 0.05) is 19.4 Å². The minimum atomic E-state index is -4.37. The lowest BCUT2D eigenvalue weighted by Gasteiger charge is -2.19. The summed E-state index contributed by atoms with van der Waals surface area (Å²) in [5.74, 6) is -0.847. The van der Waals surface area contributed by atoms with Gasteiger partial charge in [-0.3, -0.25) is 18.6 Å². The lowest BCUT2D eigenvalue weighted by Crippen LogP contribution is -2.29. The Morgan fingerprint density at radius 3 is 1.47 bits per heavy atom. The number of esters is 2. The Morgan fingerprint density at radius 2 is 1.00 bits per heavy atom. The monoisotopic (exact) mass is 716 g/mol. The van der Waals surface area contributed by atoms with Crippen molar-refractivity contribution in [3.8, 4) is 0 Å². The zero-order chi connectivity index (χ0) is 36.1. The van der Waals surface area contributed by atoms with Gasteiger partial charge in [-0.05, 0) is 64.2 Å². The van der Waals surface area contributed by atoms with Crippen molar-refractivity contribution >= 4 is 19.8 Å². The van der Waals surface area contributed by atoms with E-state index in [1.165, 1.54) is 77.0 Å². The first-order chi connectivity index (χ1) is 23.8. The van der Waals surface area contributed by atoms with Gasteiger partial charge in [0.05, 0.1) is 13.2 Å². The summed E-state index contributed by atoms with van der Waals surface area (Å²) in [7, 11) is -4.37. The van der Waals surface area contributed by atoms with E-state index in [0.29, 0.717) is 6.42 Å². The Morgan fingerprint density at radius 1 is 0.592 bits per heavy atom. The fourth-order valence-corrected chi connectivity index (χ4v) is 6.09. The maximum atomic E-state index is 12.5. The van der Waals surface area contributed by atoms with Crippen LogP contribution in [0.2, 0.25) is 0 Å². The number of phosphoric ester groups is 1. The van der Waals surface area contributed by atoms with Crippen LogP contribution in [0, 0.1) is 0 Å². The van der Waals surface area contributed by atoms with Gasteiger partial charge in [0.15, 0.2) is 6.10 Å². The number of unbranched alkanes of at least 4 members (excludes halogenated alkanes) is 20. The number of hydrogen-bond acceptors (Lipinski definition) is 8. The van der Waals surface area contributed by atoms with Crippen LogP contribution >= 0.6 is 7.82 Å². The Hall–Kier alpha value is -1.51. The van der Waals surface area contributed by atoms with Gasteiger partial charge in [-0.25, -0.2) is 4.57 Å². The molecule has 0 fully saturated rings. The van der Waals surface area contributed by atoms with Crippen LogP contribution in [0.3, 0.4) is 0 Å². The number of allylic oxidation sites excluding steroid dienone is 4. The fraction of sp³-hybridized carbons (Fsp3) is 0.846. The molecule has 49 heavy (non-hydrogen) atoms. The Labute approximate surface area is 300 Å². The van der Waals surface area contributed by atoms with Crippen LogP contribution in [0.25, 0.3) is 0 Å². The van der Waals surface area contributed by atoms with E-state index in [1.54, 1.807) is 0 Å². The van der Waals surface area contributed by atoms with Crippen molar-refractivity contribution in [3.05, 3.63) is 24.3 Å². The molecule has 0 radical (unpaired) electrons. The molecule has 2 unspecified atom stereocenters. The Balaban J connectivity index is 4.23. The Bertz CT molecular complexity index is 866. The summed E-state index contributed by atoms with van der Waals surface area (Å²) < 4.78 is 32.7. The first-order valence-corrected chi connectivity index (χ1v) is 21.3. The number of phosphoric acid groups is 1. The second-order valence-corrected chi connectivity index (χ2v) is 14.6. The van der Waals surface area contributed by atoms with Crippen LogP contribution in [-0.4, -0.2) is 49.3 Å². The number of carbonyl (C=O) groups is 2. The molecule has 0 aromatic rings. The van der Waals surface area contributed by atoms with Crippen molar-refractivity contribution in [2.45, 2.75) is 187 Å². The van der Waals surface area contributed by atoms with Crippen LogP contribution in [0.5, 0.6) is 0 Å². The zero-order valence-electron chi connectivity index (χ0n) is 31.4. The summed E-state index contributed by atoms with van der Waals surface area (Å²) in [6, 6.07) is 0. The number of ether oxygens (including phenoxy) is 2. The molecular formula is C39H74NO8P. The number of nitrogens with two attached hydrogens (primary N) is 1. The lowest BCUT2D eigenvalue weighted by atomic mass is 10.1. The van der Waals surface area contributed by atoms with Crippen molar-refractivity contribution in [2.24, 2.45) is 5.73 Å². The predicted molar refractivity (Wildman–Crippen MR) is 201 cm³/mol. The minimum absolute atomic E-state index is 0.0517. The average Bonchev–Trinajstić information content (AvgIpc) is 3.08. The van der Waals surface area contributed by atoms with Gasteiger partial charge in [0.2, 0.25) is 0 Å². The number of carbonyl (C=O) groups excluding carboxylic acids is 2. The van der Waals surface area contributed by atoms with Crippen molar-refractivity contribution < 1.29 is 37.6 Å². The summed E-state index contributed by atoms with van der Waals surface area (Å²) in [6.07, 6.45) is 36.3. The molecule has 0 rings (SSSR count). The molecule has 0 saturated carbocycles. The van der Waals surface area contributed by atoms with E-state index in [2.05, 4.69) is 38.2 Å². The molecule has 0 saturated heterocycles. The highest BCUT2D eigenvalue weighted by molar-refractivity contribution is 7.47. The molecule has 0 bridgehead atoms. The van der Waals surface area contributed by atoms with E-state index in [1.807, 2.05) is 0 Å². The zero-order valence-corrected chi connectivity index (χ0v) is 32.3. The first-order valence-electron chi connectivity index (χ1n) is 19.8. The van der Waals surface area contributed by atoms with Gasteiger partial charge in [0.1, 0.15) is 6.61 Å². The molecule has 10 heteroatoms. The summed E-state index contributed by atoms with van der Waals surface area (Å²) in [6.45, 7) is 3.69. The summed E-state index contributed by atoms with van der Waals surface area (Å²) in [4.78, 5) is 34.7. The summed E-state index contributed by atoms with van der Waals surface area (Å²) in [5, 5.41) is 0. The molecule has 9 nitrogen and oxygen atoms in total. The van der Waals surface area contributed by atoms with Gasteiger partial charge in [-0.15, -0.1) is 0 Å². The largest absolute Gasteiger partial charge is 0.472 e. The van der Waals surface area contributed by atoms with Gasteiger partial charge in [-0.2, -0.15) is 0 Å². The topological polar surface area (TPSA) is 134 Å². The van der Waals surface area contributed by atoms with Gasteiger partial charge >= 0.3 is 19.8 Å². The van der Waals surface area contributed by atoms with E-state index in [9.17, 15) is 19.0 Å². The van der Waals surface area contributed by atoms with E-state index >= 15 is 0 Å². The minimum Gasteiger partial charge on any atom is -0.462 e. The third-order valence-electron chi connectivity index (χ3n) is 8.31. The second-order valence-electron chi connectivity index (χ2n) is 13.1. The highest BCUT2D eigenvalue weighted by Gasteiger charge is 2.25. The van der Waals surface area contributed by atoms with E-state index in [0.717, 1.165) is 70.6 Å². The van der Waals surface area contributed by atoms with Gasteiger partial charge < -0.3 is 20.1 Å². The summed E-state index contributed by atoms with van der Waals surface area (Å²) >= 11 is 0. The van der Waals surface area contributed by atoms with Crippen LogP contribution in [0.4, 0.5) is 0 Å². The average molecular weight is 716 g/mol. The van der Waals surface area contributed by atoms with Crippen LogP contribution in [0.1, 0.15) is 181 Å². The molecule has 0 amide bonds. The third kappa shape index (κ3) is 36.1. The Kier molecular flexibility index (Phi) is 35.2. The molecular weight excluding hydrogens is 641 g/mol. The molecule has 3 N–H and O–H groups in total. The lowest BCUT2D eigenvalue weighted by molar-refractivity contribution is -0.161. The smallest absolute Gasteiger partial charge is 0.462 e. The van der Waals surface area contributed by atoms with E-state index in [-0.39, 0.29) is 32.6 Å². The maximum absolute atomic E-state index is 12.5. The van der Waals surface area contributed by atoms with E-state index in [4.69, 9.17) is 24.3 Å². The van der Waals surface area contributed by atoms with Crippen LogP contribution in [-0.2, 0) is 32.7 Å². The first kappa shape index (κ1) is 47.5. The van der Waals surface area contributed by atoms with Crippen molar-refractivity contribution in [1.82, 2.24) is 0 Å². The molecule has 0 aliphatic carbocycles. The van der Waals surface area contributed by atoms with Crippen molar-refractivity contribution in [2.75, 3.05) is 26.4 Å². The van der Waals surface area contributed by atoms with Crippen molar-refractivity contribution in [1.29, 1.82) is 0 Å². The highest BCUT2D eigenvalue weighted by atomic mass is 31.2. The fourth-order valence-electron chi connectivity index (χ4n) is 5.33. The standard InChI is InChI=1S/C39H74NO8P/c1-3-5-7-9-11-13-15-17-18-20-22-24-26-28-30-32-39(42)48-37(36-47-49(43,44)46-34-33-40)35-45-38(41)31-29-27-25-23-21-19-16-14-12-10-8-6-4-2/h14,16-18,37H,3-13,15,19-36,40H2,1-2H3,(H,43,44)/b16-14-,18-17-. The number of hydrogen-bond donors (Lipinski definition) is 2. The predicted octanol–water partition coefficient (Wildman–Crippen LogP) is 10.8. The maximum Gasteiger partial charge on any atom is 0.472 e. The SMILES string of the molecule is CCCCCC/C=C\CCCCCCCC(=O)OCC(COP(=O)(O)OCCN)OC(=O)CCCCCCC/C=C\CCCCCCCC. The van der Waals surface area contributed by atoms with E-state index < -0.39 is 32.5 Å². The van der Waals surface area contributed by atoms with Gasteiger partial charge in [-0.1, -0.05) is 128 Å². The van der Waals surface area contributed by atoms with Crippen LogP contribution < -0.4 is 5.73 Å². The molecule has 0 aromatic heterocycles. The van der Waals surface area contributed by atoms with Crippen molar-refractivity contribution in [3.63, 3.8) is 0 Å². The number of rotatable bonds is 37.